The van der Waals surface area contributed by atoms with Crippen LogP contribution in [0.3, 0.4) is 0 Å². The molecule has 4 rings (SSSR count). The quantitative estimate of drug-likeness (QED) is 0.234. The Kier molecular flexibility index (Phi) is 7.43. The third-order valence-electron chi connectivity index (χ3n) is 6.52. The van der Waals surface area contributed by atoms with Crippen molar-refractivity contribution in [1.29, 1.82) is 0 Å². The molecule has 2 heterocycles. The topological polar surface area (TPSA) is 148 Å². The molecule has 2 aromatic heterocycles. The van der Waals surface area contributed by atoms with Crippen LogP contribution in [0.15, 0.2) is 62.7 Å². The van der Waals surface area contributed by atoms with E-state index in [4.69, 9.17) is 13.9 Å². The van der Waals surface area contributed by atoms with Crippen LogP contribution in [0.2, 0.25) is 0 Å². The van der Waals surface area contributed by atoms with E-state index in [0.717, 1.165) is 0 Å². The summed E-state index contributed by atoms with van der Waals surface area (Å²) in [5.41, 5.74) is 0.183. The lowest BCUT2D eigenvalue weighted by Crippen LogP contribution is -2.30. The van der Waals surface area contributed by atoms with Crippen LogP contribution in [0.1, 0.15) is 34.7 Å². The highest BCUT2D eigenvalue weighted by molar-refractivity contribution is 5.79. The van der Waals surface area contributed by atoms with Gasteiger partial charge in [0.1, 0.15) is 17.1 Å². The van der Waals surface area contributed by atoms with Crippen LogP contribution < -0.4 is 15.7 Å². The summed E-state index contributed by atoms with van der Waals surface area (Å²) >= 11 is 0. The number of aryl methyl sites for hydroxylation is 2. The van der Waals surface area contributed by atoms with Crippen molar-refractivity contribution in [3.63, 3.8) is 0 Å². The van der Waals surface area contributed by atoms with E-state index in [2.05, 4.69) is 0 Å². The fourth-order valence-corrected chi connectivity index (χ4v) is 4.45. The number of benzene rings is 2. The number of hydrogen-bond acceptors (Lipinski definition) is 9. The van der Waals surface area contributed by atoms with Gasteiger partial charge in [-0.3, -0.25) is 14.4 Å². The van der Waals surface area contributed by atoms with Crippen molar-refractivity contribution in [2.45, 2.75) is 32.2 Å². The molecule has 198 valence electrons. The van der Waals surface area contributed by atoms with Crippen molar-refractivity contribution in [2.24, 2.45) is 0 Å². The second kappa shape index (κ2) is 10.7. The number of hydrogen-bond donors (Lipinski definition) is 3. The number of phenols is 2. The lowest BCUT2D eigenvalue weighted by atomic mass is 9.88. The van der Waals surface area contributed by atoms with Crippen molar-refractivity contribution < 1.29 is 34.0 Å². The highest BCUT2D eigenvalue weighted by Crippen LogP contribution is 2.33. The minimum atomic E-state index is -1.16. The Labute approximate surface area is 216 Å². The molecule has 3 N–H and O–H groups in total. The van der Waals surface area contributed by atoms with E-state index in [0.29, 0.717) is 29.0 Å². The van der Waals surface area contributed by atoms with E-state index >= 15 is 0 Å². The molecule has 0 saturated heterocycles. The van der Waals surface area contributed by atoms with Crippen LogP contribution in [0.4, 0.5) is 0 Å². The standard InChI is InChI=1S/C28H27NO9/c1-15-10-23(32)26(28(35)29(15)9-8-16-4-6-21(30)22(31)11-16)18(13-25(33)37-3)20-14-38-24-7-5-17(36-2)12-19(24)27(20)34/h4-7,10-12,14,18,30-32H,8-9,13H2,1-3H3. The Morgan fingerprint density at radius 2 is 1.76 bits per heavy atom. The van der Waals surface area contributed by atoms with Crippen molar-refractivity contribution in [3.8, 4) is 23.0 Å². The van der Waals surface area contributed by atoms with Gasteiger partial charge in [0.15, 0.2) is 16.9 Å². The molecule has 0 radical (unpaired) electrons. The first-order chi connectivity index (χ1) is 18.1. The summed E-state index contributed by atoms with van der Waals surface area (Å²) in [5, 5.41) is 30.4. The normalized spacial score (nSPS) is 11.9. The van der Waals surface area contributed by atoms with Crippen LogP contribution in [0, 0.1) is 6.92 Å². The van der Waals surface area contributed by atoms with Crippen LogP contribution in [0.5, 0.6) is 23.0 Å². The van der Waals surface area contributed by atoms with Crippen LogP contribution in [-0.4, -0.2) is 40.1 Å². The summed E-state index contributed by atoms with van der Waals surface area (Å²) in [5.74, 6) is -2.34. The zero-order valence-corrected chi connectivity index (χ0v) is 21.1. The molecule has 4 aromatic rings. The molecule has 2 aromatic carbocycles. The first-order valence-corrected chi connectivity index (χ1v) is 11.7. The van der Waals surface area contributed by atoms with E-state index in [9.17, 15) is 29.7 Å². The maximum atomic E-state index is 13.7. The number of phenolic OH excluding ortho intramolecular Hbond substituents is 2. The average Bonchev–Trinajstić information content (AvgIpc) is 2.89. The number of pyridine rings is 1. The molecule has 0 aliphatic carbocycles. The van der Waals surface area contributed by atoms with Crippen molar-refractivity contribution in [2.75, 3.05) is 14.2 Å². The molecule has 10 nitrogen and oxygen atoms in total. The van der Waals surface area contributed by atoms with E-state index in [1.54, 1.807) is 25.1 Å². The van der Waals surface area contributed by atoms with E-state index in [-0.39, 0.29) is 40.3 Å². The molecule has 10 heteroatoms. The van der Waals surface area contributed by atoms with E-state index < -0.39 is 29.3 Å². The van der Waals surface area contributed by atoms with Crippen LogP contribution >= 0.6 is 0 Å². The number of nitrogens with zero attached hydrogens (tertiary/aromatic N) is 1. The van der Waals surface area contributed by atoms with Crippen molar-refractivity contribution >= 4 is 16.9 Å². The number of aromatic hydroxyl groups is 3. The molecule has 0 saturated carbocycles. The molecule has 1 unspecified atom stereocenters. The van der Waals surface area contributed by atoms with Gasteiger partial charge in [0, 0.05) is 23.7 Å². The number of carbonyl (C=O) groups excluding carboxylic acids is 1. The molecular formula is C28H27NO9. The number of methoxy groups -OCH3 is 2. The molecule has 0 bridgehead atoms. The minimum absolute atomic E-state index is 0.00223. The van der Waals surface area contributed by atoms with Gasteiger partial charge in [-0.15, -0.1) is 0 Å². The van der Waals surface area contributed by atoms with Gasteiger partial charge in [-0.2, -0.15) is 0 Å². The van der Waals surface area contributed by atoms with Gasteiger partial charge in [-0.1, -0.05) is 6.07 Å². The van der Waals surface area contributed by atoms with Gasteiger partial charge in [-0.25, -0.2) is 0 Å². The van der Waals surface area contributed by atoms with E-state index in [1.807, 2.05) is 0 Å². The van der Waals surface area contributed by atoms with Gasteiger partial charge < -0.3 is 33.8 Å². The van der Waals surface area contributed by atoms with Gasteiger partial charge in [0.25, 0.3) is 5.56 Å². The fraction of sp³-hybridized carbons (Fsp3) is 0.250. The summed E-state index contributed by atoms with van der Waals surface area (Å²) in [6, 6.07) is 10.5. The van der Waals surface area contributed by atoms with Crippen LogP contribution in [0.25, 0.3) is 11.0 Å². The smallest absolute Gasteiger partial charge is 0.306 e. The van der Waals surface area contributed by atoms with Gasteiger partial charge >= 0.3 is 5.97 Å². The Balaban J connectivity index is 1.84. The number of esters is 1. The lowest BCUT2D eigenvalue weighted by Gasteiger charge is -2.20. The Bertz CT molecular complexity index is 1630. The Morgan fingerprint density at radius 1 is 1.00 bits per heavy atom. The summed E-state index contributed by atoms with van der Waals surface area (Å²) < 4.78 is 17.1. The predicted molar refractivity (Wildman–Crippen MR) is 138 cm³/mol. The average molecular weight is 522 g/mol. The monoisotopic (exact) mass is 521 g/mol. The molecule has 1 atom stereocenters. The first-order valence-electron chi connectivity index (χ1n) is 11.7. The number of rotatable bonds is 8. The largest absolute Gasteiger partial charge is 0.507 e. The highest BCUT2D eigenvalue weighted by Gasteiger charge is 2.29. The van der Waals surface area contributed by atoms with Gasteiger partial charge in [0.2, 0.25) is 0 Å². The Morgan fingerprint density at radius 3 is 2.45 bits per heavy atom. The maximum absolute atomic E-state index is 13.7. The second-order valence-corrected chi connectivity index (χ2v) is 8.83. The van der Waals surface area contributed by atoms with Crippen molar-refractivity contribution in [3.05, 3.63) is 91.7 Å². The fourth-order valence-electron chi connectivity index (χ4n) is 4.45. The first kappa shape index (κ1) is 26.3. The molecule has 0 aliphatic rings. The second-order valence-electron chi connectivity index (χ2n) is 8.83. The molecule has 0 amide bonds. The molecule has 0 fully saturated rings. The molecular weight excluding hydrogens is 494 g/mol. The van der Waals surface area contributed by atoms with Crippen molar-refractivity contribution in [1.82, 2.24) is 4.57 Å². The third-order valence-corrected chi connectivity index (χ3v) is 6.52. The summed E-state index contributed by atoms with van der Waals surface area (Å²) in [6.07, 6.45) is 1.11. The summed E-state index contributed by atoms with van der Waals surface area (Å²) in [6.45, 7) is 1.81. The zero-order chi connectivity index (χ0) is 27.6. The number of ether oxygens (including phenoxy) is 2. The third kappa shape index (κ3) is 5.06. The van der Waals surface area contributed by atoms with Gasteiger partial charge in [-0.05, 0) is 55.3 Å². The van der Waals surface area contributed by atoms with E-state index in [1.165, 1.54) is 49.3 Å². The lowest BCUT2D eigenvalue weighted by molar-refractivity contribution is -0.140. The maximum Gasteiger partial charge on any atom is 0.306 e. The number of aromatic nitrogens is 1. The minimum Gasteiger partial charge on any atom is -0.507 e. The highest BCUT2D eigenvalue weighted by atomic mass is 16.5. The Hall–Kier alpha value is -4.73. The number of fused-ring (bicyclic) bond motifs is 1. The molecule has 38 heavy (non-hydrogen) atoms. The van der Waals surface area contributed by atoms with Gasteiger partial charge in [0.05, 0.1) is 37.9 Å². The number of carbonyl (C=O) groups is 1. The predicted octanol–water partition coefficient (Wildman–Crippen LogP) is 3.33. The summed E-state index contributed by atoms with van der Waals surface area (Å²) in [7, 11) is 2.65. The van der Waals surface area contributed by atoms with Crippen LogP contribution in [-0.2, 0) is 22.5 Å². The SMILES string of the molecule is COC(=O)CC(c1coc2ccc(OC)cc2c1=O)c1c(O)cc(C)n(CCc2ccc(O)c(O)c2)c1=O. The molecule has 0 spiro atoms. The zero-order valence-electron chi connectivity index (χ0n) is 21.1. The molecule has 0 aliphatic heterocycles. The summed E-state index contributed by atoms with van der Waals surface area (Å²) in [4.78, 5) is 39.6.